The second-order valence-electron chi connectivity index (χ2n) is 17.1. The molecule has 2 saturated heterocycles. The van der Waals surface area contributed by atoms with E-state index in [-0.39, 0.29) is 41.7 Å². The van der Waals surface area contributed by atoms with Crippen molar-refractivity contribution in [1.82, 2.24) is 0 Å². The quantitative estimate of drug-likeness (QED) is 0.200. The number of fused-ring (bicyclic) bond motifs is 5. The lowest BCUT2D eigenvalue weighted by molar-refractivity contribution is -0.699. The summed E-state index contributed by atoms with van der Waals surface area (Å²) < 4.78 is 6.18. The third kappa shape index (κ3) is 4.74. The van der Waals surface area contributed by atoms with Gasteiger partial charge in [0.25, 0.3) is 0 Å². The van der Waals surface area contributed by atoms with Crippen LogP contribution in [0.5, 0.6) is 0 Å². The number of hydrogen-bond acceptors (Lipinski definition) is 8. The molecule has 0 spiro atoms. The Morgan fingerprint density at radius 2 is 1.75 bits per heavy atom. The van der Waals surface area contributed by atoms with Gasteiger partial charge in [-0.1, -0.05) is 20.8 Å². The molecule has 0 amide bonds. The van der Waals surface area contributed by atoms with E-state index in [1.807, 2.05) is 6.92 Å². The average molecular weight is 620 g/mol. The van der Waals surface area contributed by atoms with Crippen LogP contribution in [0, 0.1) is 39.9 Å². The molecule has 2 heterocycles. The lowest BCUT2D eigenvalue weighted by Crippen LogP contribution is -2.94. The summed E-state index contributed by atoms with van der Waals surface area (Å²) in [6.45, 7) is 10.5. The number of ether oxygens (including phenoxy) is 1. The van der Waals surface area contributed by atoms with Gasteiger partial charge in [-0.2, -0.15) is 0 Å². The number of aliphatic hydroxyl groups is 5. The van der Waals surface area contributed by atoms with Crippen LogP contribution in [0.15, 0.2) is 11.6 Å². The number of ketones is 1. The van der Waals surface area contributed by atoms with Gasteiger partial charge in [-0.05, 0) is 113 Å². The highest BCUT2D eigenvalue weighted by atomic mass is 16.6. The largest absolute Gasteiger partial charge is 0.396 e. The lowest BCUT2D eigenvalue weighted by atomic mass is 9.46. The number of allylic oxidation sites excluding steroid dienone is 1. The second kappa shape index (κ2) is 10.8. The van der Waals surface area contributed by atoms with Gasteiger partial charge in [-0.3, -0.25) is 10.5 Å². The molecule has 9 nitrogen and oxygen atoms in total. The number of quaternary nitrogens is 1. The first-order chi connectivity index (χ1) is 20.4. The van der Waals surface area contributed by atoms with E-state index in [0.29, 0.717) is 44.4 Å². The maximum Gasteiger partial charge on any atom is 0.159 e. The Morgan fingerprint density at radius 3 is 2.43 bits per heavy atom. The summed E-state index contributed by atoms with van der Waals surface area (Å²) in [5.41, 5.74) is 1.31. The molecule has 3 saturated carbocycles. The summed E-state index contributed by atoms with van der Waals surface area (Å²) in [5, 5.41) is 59.9. The predicted molar refractivity (Wildman–Crippen MR) is 165 cm³/mol. The van der Waals surface area contributed by atoms with E-state index in [0.717, 1.165) is 44.2 Å². The molecule has 0 bridgehead atoms. The van der Waals surface area contributed by atoms with Gasteiger partial charge in [0, 0.05) is 23.2 Å². The van der Waals surface area contributed by atoms with Gasteiger partial charge >= 0.3 is 0 Å². The van der Waals surface area contributed by atoms with Crippen LogP contribution in [-0.4, -0.2) is 85.7 Å². The number of epoxide rings is 1. The number of piperidine rings is 1. The van der Waals surface area contributed by atoms with Crippen molar-refractivity contribution in [2.45, 2.75) is 147 Å². The summed E-state index contributed by atoms with van der Waals surface area (Å²) in [4.78, 5) is 13.5. The molecule has 6 rings (SSSR count). The minimum Gasteiger partial charge on any atom is -0.396 e. The minimum absolute atomic E-state index is 0.0173. The molecular weight excluding hydrogens is 560 g/mol. The Balaban J connectivity index is 1.21. The fourth-order valence-electron chi connectivity index (χ4n) is 11.2. The number of aliphatic hydroxyl groups excluding tert-OH is 2. The monoisotopic (exact) mass is 619 g/mol. The first-order valence-electron chi connectivity index (χ1n) is 17.4. The Bertz CT molecular complexity index is 1170. The topological polar surface area (TPSA) is 173 Å². The molecule has 9 heteroatoms. The van der Waals surface area contributed by atoms with E-state index in [2.05, 4.69) is 19.2 Å². The van der Waals surface area contributed by atoms with Crippen LogP contribution in [0.25, 0.3) is 0 Å². The van der Waals surface area contributed by atoms with Crippen molar-refractivity contribution in [3.05, 3.63) is 11.6 Å². The third-order valence-electron chi connectivity index (χ3n) is 14.7. The zero-order valence-corrected chi connectivity index (χ0v) is 27.6. The summed E-state index contributed by atoms with van der Waals surface area (Å²) in [5.74, 6) is 0.0294. The van der Waals surface area contributed by atoms with Crippen molar-refractivity contribution in [3.8, 4) is 0 Å². The Morgan fingerprint density at radius 1 is 1.02 bits per heavy atom. The van der Waals surface area contributed by atoms with Gasteiger partial charge in [-0.15, -0.1) is 0 Å². The maximum atomic E-state index is 13.5. The van der Waals surface area contributed by atoms with Crippen molar-refractivity contribution in [1.29, 1.82) is 0 Å². The summed E-state index contributed by atoms with van der Waals surface area (Å²) in [6, 6.07) is 0. The molecule has 2 unspecified atom stereocenters. The lowest BCUT2D eigenvalue weighted by Gasteiger charge is -2.60. The molecule has 0 aromatic carbocycles. The first kappa shape index (κ1) is 33.0. The summed E-state index contributed by atoms with van der Waals surface area (Å²) in [7, 11) is 0. The van der Waals surface area contributed by atoms with E-state index in [4.69, 9.17) is 10.5 Å². The van der Waals surface area contributed by atoms with Gasteiger partial charge in [0.1, 0.15) is 18.4 Å². The molecule has 0 radical (unpaired) electrons. The Hall–Kier alpha value is -0.910. The Kier molecular flexibility index (Phi) is 8.11. The smallest absolute Gasteiger partial charge is 0.159 e. The van der Waals surface area contributed by atoms with E-state index in [9.17, 15) is 30.3 Å². The molecule has 0 aromatic rings. The van der Waals surface area contributed by atoms with Crippen LogP contribution in [0.2, 0.25) is 0 Å². The minimum atomic E-state index is -1.37. The fraction of sp³-hybridized carbons (Fsp3) is 0.914. The van der Waals surface area contributed by atoms with E-state index >= 15 is 0 Å². The normalized spacial score (nSPS) is 49.4. The predicted octanol–water partition coefficient (Wildman–Crippen LogP) is 1.53. The van der Waals surface area contributed by atoms with Crippen LogP contribution in [0.4, 0.5) is 0 Å². The molecule has 9 N–H and O–H groups in total. The van der Waals surface area contributed by atoms with Gasteiger partial charge in [0.2, 0.25) is 0 Å². The molecule has 14 atom stereocenters. The van der Waals surface area contributed by atoms with E-state index in [1.165, 1.54) is 0 Å². The highest BCUT2D eigenvalue weighted by molar-refractivity contribution is 5.95. The highest BCUT2D eigenvalue weighted by Gasteiger charge is 2.73. The second-order valence-corrected chi connectivity index (χ2v) is 17.1. The van der Waals surface area contributed by atoms with Gasteiger partial charge < -0.3 is 35.6 Å². The van der Waals surface area contributed by atoms with Crippen LogP contribution < -0.4 is 11.1 Å². The number of rotatable bonds is 8. The van der Waals surface area contributed by atoms with E-state index in [1.54, 1.807) is 19.9 Å². The molecule has 0 aromatic heterocycles. The molecule has 4 aliphatic carbocycles. The number of carbonyl (C=O) groups excluding carboxylic acids is 1. The SMILES string of the molecule is C[C@](O)([C@@H]1O[C@@H]1[C@](C)(O)[C@](C)(CO)CCC1CC[NH2+]C(N)C1)[C@H]1CC[C@@]2(O)C3=CC(=O)[C@@H]4C[C@@H](O)CC[C@]4(C)[C@H]3CC[C@@]12C. The maximum absolute atomic E-state index is 13.5. The van der Waals surface area contributed by atoms with Crippen molar-refractivity contribution < 1.29 is 40.4 Å². The van der Waals surface area contributed by atoms with Gasteiger partial charge in [-0.25, -0.2) is 0 Å². The molecule has 250 valence electrons. The van der Waals surface area contributed by atoms with Gasteiger partial charge in [0.05, 0.1) is 36.1 Å². The standard InChI is InChI=1S/C35H58N2O7/c1-30(19-38,11-6-20-10-15-37-27(36)16-20)34(5,42)29-28(44-29)33(4,41)26-9-14-35(43)23-18-25(40)24-17-21(39)7-12-31(24,2)22(23)8-13-32(26,35)3/h18,20-22,24,26-29,37-39,41-43H,6-17,19,36H2,1-5H3/p+1/t20?,21-,22-,24-,26-,27?,28+,29-,30-,31+,32-,33+,34-,35+/m0/s1. The molecule has 6 aliphatic rings. The number of hydrogen-bond donors (Lipinski definition) is 7. The molecular formula is C35H59N2O7+. The zero-order chi connectivity index (χ0) is 32.1. The first-order valence-corrected chi connectivity index (χ1v) is 17.4. The summed E-state index contributed by atoms with van der Waals surface area (Å²) >= 11 is 0. The Labute approximate surface area is 263 Å². The third-order valence-corrected chi connectivity index (χ3v) is 14.7. The van der Waals surface area contributed by atoms with Crippen LogP contribution in [0.1, 0.15) is 105 Å². The fourth-order valence-corrected chi connectivity index (χ4v) is 11.2. The van der Waals surface area contributed by atoms with Crippen LogP contribution >= 0.6 is 0 Å². The number of carbonyl (C=O) groups is 1. The van der Waals surface area contributed by atoms with Gasteiger partial charge in [0.15, 0.2) is 5.78 Å². The molecule has 2 aliphatic heterocycles. The average Bonchev–Trinajstić information content (AvgIpc) is 3.73. The van der Waals surface area contributed by atoms with Crippen molar-refractivity contribution in [3.63, 3.8) is 0 Å². The summed E-state index contributed by atoms with van der Waals surface area (Å²) in [6.07, 6.45) is 8.09. The molecule has 5 fully saturated rings. The highest BCUT2D eigenvalue weighted by Crippen LogP contribution is 2.69. The van der Waals surface area contributed by atoms with Crippen molar-refractivity contribution >= 4 is 5.78 Å². The van der Waals surface area contributed by atoms with Crippen molar-refractivity contribution in [2.24, 2.45) is 45.7 Å². The number of nitrogens with two attached hydrogens (primary N) is 2. The van der Waals surface area contributed by atoms with Crippen LogP contribution in [0.3, 0.4) is 0 Å². The zero-order valence-electron chi connectivity index (χ0n) is 27.6. The molecule has 44 heavy (non-hydrogen) atoms. The van der Waals surface area contributed by atoms with Crippen molar-refractivity contribution in [2.75, 3.05) is 13.2 Å². The van der Waals surface area contributed by atoms with E-state index < -0.39 is 45.9 Å². The van der Waals surface area contributed by atoms with Crippen LogP contribution in [-0.2, 0) is 9.53 Å².